The van der Waals surface area contributed by atoms with Gasteiger partial charge in [-0.25, -0.2) is 0 Å². The molecule has 10 heteroatoms. The third-order valence-corrected chi connectivity index (χ3v) is 20.0. The second-order valence-corrected chi connectivity index (χ2v) is 28.5. The number of piperazine rings is 1. The molecule has 2 aromatic carbocycles. The molecule has 8 nitrogen and oxygen atoms in total. The SMILES string of the molecule is CCCCCCCCCCC(O)CN(CCSCCN1CC(Cc2ccccc2)N(CCSCCN(CC(O)CCCCCCCCCC)CC(O)CCCCCCCCCC)CC1Cc1ccccc1)CC(O)CCCCCCCCCC. The lowest BCUT2D eigenvalue weighted by Gasteiger charge is -2.47. The fourth-order valence-corrected chi connectivity index (χ4v) is 14.8. The lowest BCUT2D eigenvalue weighted by atomic mass is 9.96. The van der Waals surface area contributed by atoms with Gasteiger partial charge in [0.15, 0.2) is 0 Å². The summed E-state index contributed by atoms with van der Waals surface area (Å²) in [7, 11) is 0. The van der Waals surface area contributed by atoms with Crippen LogP contribution in [0.4, 0.5) is 0 Å². The molecule has 0 aromatic heterocycles. The highest BCUT2D eigenvalue weighted by atomic mass is 32.2. The molecule has 1 fully saturated rings. The van der Waals surface area contributed by atoms with Gasteiger partial charge in [0.2, 0.25) is 0 Å². The second-order valence-electron chi connectivity index (χ2n) is 26.1. The van der Waals surface area contributed by atoms with Gasteiger partial charge in [0.1, 0.15) is 0 Å². The van der Waals surface area contributed by atoms with Gasteiger partial charge in [0.05, 0.1) is 24.4 Å². The van der Waals surface area contributed by atoms with E-state index in [1.807, 2.05) is 0 Å². The first-order valence-electron chi connectivity index (χ1n) is 36.1. The predicted molar refractivity (Wildman–Crippen MR) is 371 cm³/mol. The molecule has 488 valence electrons. The van der Waals surface area contributed by atoms with Gasteiger partial charge in [-0.05, 0) is 49.7 Å². The van der Waals surface area contributed by atoms with Crippen molar-refractivity contribution < 1.29 is 20.4 Å². The zero-order chi connectivity index (χ0) is 60.2. The summed E-state index contributed by atoms with van der Waals surface area (Å²) in [4.78, 5) is 10.4. The fraction of sp³-hybridized carbons (Fsp3) is 0.838. The highest BCUT2D eigenvalue weighted by Gasteiger charge is 2.34. The molecule has 1 aliphatic rings. The highest BCUT2D eigenvalue weighted by Crippen LogP contribution is 2.25. The van der Waals surface area contributed by atoms with Gasteiger partial charge >= 0.3 is 0 Å². The molecule has 1 heterocycles. The van der Waals surface area contributed by atoms with Gasteiger partial charge in [-0.2, -0.15) is 23.5 Å². The zero-order valence-corrected chi connectivity index (χ0v) is 57.0. The molecule has 6 atom stereocenters. The van der Waals surface area contributed by atoms with Crippen LogP contribution in [0.15, 0.2) is 60.7 Å². The van der Waals surface area contributed by atoms with Gasteiger partial charge in [-0.15, -0.1) is 0 Å². The van der Waals surface area contributed by atoms with E-state index in [4.69, 9.17) is 0 Å². The summed E-state index contributed by atoms with van der Waals surface area (Å²) in [6.07, 6.45) is 45.1. The Hall–Kier alpha value is -1.18. The maximum Gasteiger partial charge on any atom is 0.0667 e. The number of thioether (sulfide) groups is 2. The minimum absolute atomic E-state index is 0.337. The third-order valence-electron chi connectivity index (χ3n) is 18.1. The Morgan fingerprint density at radius 3 is 0.869 bits per heavy atom. The van der Waals surface area contributed by atoms with Crippen molar-refractivity contribution in [1.82, 2.24) is 19.6 Å². The minimum atomic E-state index is -0.337. The maximum atomic E-state index is 11.3. The molecule has 0 saturated carbocycles. The van der Waals surface area contributed by atoms with Crippen molar-refractivity contribution in [1.29, 1.82) is 0 Å². The van der Waals surface area contributed by atoms with Crippen LogP contribution in [0.1, 0.15) is 270 Å². The van der Waals surface area contributed by atoms with Crippen molar-refractivity contribution in [3.05, 3.63) is 71.8 Å². The summed E-state index contributed by atoms with van der Waals surface area (Å²) in [6.45, 7) is 17.8. The summed E-state index contributed by atoms with van der Waals surface area (Å²) >= 11 is 4.11. The van der Waals surface area contributed by atoms with Crippen LogP contribution in [0.2, 0.25) is 0 Å². The van der Waals surface area contributed by atoms with E-state index in [0.717, 1.165) is 126 Å². The van der Waals surface area contributed by atoms with Crippen LogP contribution in [0.25, 0.3) is 0 Å². The van der Waals surface area contributed by atoms with E-state index in [0.29, 0.717) is 38.3 Å². The molecule has 3 rings (SSSR count). The van der Waals surface area contributed by atoms with Crippen molar-refractivity contribution in [2.24, 2.45) is 0 Å². The van der Waals surface area contributed by atoms with Crippen molar-refractivity contribution >= 4 is 23.5 Å². The molecule has 1 aliphatic heterocycles. The third kappa shape index (κ3) is 41.9. The molecule has 0 spiro atoms. The molecule has 84 heavy (non-hydrogen) atoms. The Bertz CT molecular complexity index is 1510. The van der Waals surface area contributed by atoms with Crippen LogP contribution < -0.4 is 0 Å². The van der Waals surface area contributed by atoms with Crippen molar-refractivity contribution in [2.75, 3.05) is 88.5 Å². The number of unbranched alkanes of at least 4 members (excludes halogenated alkanes) is 28. The summed E-state index contributed by atoms with van der Waals surface area (Å²) in [5, 5.41) is 45.3. The zero-order valence-electron chi connectivity index (χ0n) is 55.4. The molecule has 0 aliphatic carbocycles. The van der Waals surface area contributed by atoms with E-state index in [2.05, 4.69) is 131 Å². The number of hydrogen-bond donors (Lipinski definition) is 4. The van der Waals surface area contributed by atoms with Gasteiger partial charge in [-0.1, -0.05) is 294 Å². The number of aliphatic hydroxyl groups is 4. The summed E-state index contributed by atoms with van der Waals surface area (Å²) < 4.78 is 0. The van der Waals surface area contributed by atoms with Crippen LogP contribution >= 0.6 is 23.5 Å². The molecule has 0 amide bonds. The summed E-state index contributed by atoms with van der Waals surface area (Å²) in [5.74, 6) is 4.17. The molecule has 2 aromatic rings. The molecule has 0 radical (unpaired) electrons. The molecule has 1 saturated heterocycles. The quantitative estimate of drug-likeness (QED) is 0.0480. The number of hydrogen-bond acceptors (Lipinski definition) is 10. The lowest BCUT2D eigenvalue weighted by Crippen LogP contribution is -2.60. The Labute approximate surface area is 529 Å². The molecule has 6 unspecified atom stereocenters. The first-order valence-corrected chi connectivity index (χ1v) is 38.4. The van der Waals surface area contributed by atoms with Gasteiger partial charge < -0.3 is 20.4 Å². The predicted octanol–water partition coefficient (Wildman–Crippen LogP) is 17.5. The van der Waals surface area contributed by atoms with Gasteiger partial charge in [0, 0.05) is 101 Å². The van der Waals surface area contributed by atoms with Crippen LogP contribution in [0.3, 0.4) is 0 Å². The average Bonchev–Trinajstić information content (AvgIpc) is 3.59. The second kappa shape index (κ2) is 54.7. The van der Waals surface area contributed by atoms with E-state index < -0.39 is 0 Å². The number of rotatable bonds is 60. The van der Waals surface area contributed by atoms with Crippen LogP contribution in [0.5, 0.6) is 0 Å². The monoisotopic (exact) mass is 1210 g/mol. The summed E-state index contributed by atoms with van der Waals surface area (Å²) in [6, 6.07) is 23.2. The largest absolute Gasteiger partial charge is 0.392 e. The topological polar surface area (TPSA) is 93.9 Å². The Morgan fingerprint density at radius 1 is 0.357 bits per heavy atom. The Kier molecular flexibility index (Phi) is 50.2. The smallest absolute Gasteiger partial charge is 0.0667 e. The van der Waals surface area contributed by atoms with E-state index in [1.165, 1.54) is 191 Å². The van der Waals surface area contributed by atoms with Crippen molar-refractivity contribution in [3.63, 3.8) is 0 Å². The van der Waals surface area contributed by atoms with Gasteiger partial charge in [-0.3, -0.25) is 19.6 Å². The van der Waals surface area contributed by atoms with Crippen molar-refractivity contribution in [3.8, 4) is 0 Å². The molecule has 4 N–H and O–H groups in total. The van der Waals surface area contributed by atoms with Crippen LogP contribution in [-0.2, 0) is 12.8 Å². The van der Waals surface area contributed by atoms with E-state index in [1.54, 1.807) is 0 Å². The maximum absolute atomic E-state index is 11.3. The standard InChI is InChI=1S/C74H136N4O4S2/c1-5-9-13-17-21-25-29-39-47-71(79)63-75(64-72(80)48-40-30-26-22-18-14-10-6-2)51-55-83-57-53-77-61-70(60-68-45-37-34-38-46-68)78(62-69(77)59-67-43-35-33-36-44-67)54-58-84-56-52-76(65-73(81)49-41-31-27-23-19-15-11-7-3)66-74(82)50-42-32-28-24-20-16-12-8-4/h33-38,43-46,69-74,79-82H,5-32,39-42,47-66H2,1-4H3. The van der Waals surface area contributed by atoms with E-state index in [9.17, 15) is 20.4 Å². The van der Waals surface area contributed by atoms with Gasteiger partial charge in [0.25, 0.3) is 0 Å². The first-order chi connectivity index (χ1) is 41.2. The van der Waals surface area contributed by atoms with E-state index >= 15 is 0 Å². The Morgan fingerprint density at radius 2 is 0.607 bits per heavy atom. The van der Waals surface area contributed by atoms with E-state index in [-0.39, 0.29) is 24.4 Å². The number of nitrogens with zero attached hydrogens (tertiary/aromatic N) is 4. The molecular formula is C74H136N4O4S2. The minimum Gasteiger partial charge on any atom is -0.392 e. The first kappa shape index (κ1) is 77.1. The van der Waals surface area contributed by atoms with Crippen LogP contribution in [0, 0.1) is 0 Å². The summed E-state index contributed by atoms with van der Waals surface area (Å²) in [5.41, 5.74) is 2.83. The molecular weight excluding hydrogens is 1070 g/mol. The highest BCUT2D eigenvalue weighted by molar-refractivity contribution is 7.99. The average molecular weight is 1210 g/mol. The Balaban J connectivity index is 1.62. The number of aliphatic hydroxyl groups excluding tert-OH is 4. The normalized spacial score (nSPS) is 16.7. The number of benzene rings is 2. The van der Waals surface area contributed by atoms with Crippen LogP contribution in [-0.4, -0.2) is 165 Å². The fourth-order valence-electron chi connectivity index (χ4n) is 12.9. The van der Waals surface area contributed by atoms with Crippen molar-refractivity contribution in [2.45, 2.75) is 308 Å². The lowest BCUT2D eigenvalue weighted by molar-refractivity contribution is 0.0360. The molecule has 0 bridgehead atoms.